The van der Waals surface area contributed by atoms with Gasteiger partial charge in [0, 0.05) is 5.69 Å². The fourth-order valence-corrected chi connectivity index (χ4v) is 4.25. The fraction of sp³-hybridized carbons (Fsp3) is 0.211. The van der Waals surface area contributed by atoms with Gasteiger partial charge in [-0.1, -0.05) is 53.4 Å². The molecule has 3 aromatic rings. The Balaban J connectivity index is 1.54. The summed E-state index contributed by atoms with van der Waals surface area (Å²) in [6, 6.07) is 15.6. The van der Waals surface area contributed by atoms with Crippen LogP contribution in [-0.4, -0.2) is 21.4 Å². The van der Waals surface area contributed by atoms with Gasteiger partial charge >= 0.3 is 0 Å². The number of thioether (sulfide) groups is 1. The number of amides is 1. The van der Waals surface area contributed by atoms with Gasteiger partial charge in [-0.25, -0.2) is 4.39 Å². The summed E-state index contributed by atoms with van der Waals surface area (Å²) < 4.78 is 13.7. The lowest BCUT2D eigenvalue weighted by Crippen LogP contribution is -2.33. The highest BCUT2D eigenvalue weighted by molar-refractivity contribution is 8.02. The molecule has 2 N–H and O–H groups in total. The number of hydrogen-bond acceptors (Lipinski definition) is 6. The van der Waals surface area contributed by atoms with Crippen LogP contribution in [0.15, 0.2) is 58.9 Å². The Hall–Kier alpha value is -2.45. The normalized spacial score (nSPS) is 13.0. The zero-order chi connectivity index (χ0) is 19.2. The van der Waals surface area contributed by atoms with Crippen molar-refractivity contribution >= 4 is 39.8 Å². The van der Waals surface area contributed by atoms with Crippen molar-refractivity contribution in [3.05, 3.63) is 66.0 Å². The van der Waals surface area contributed by atoms with E-state index in [0.29, 0.717) is 9.47 Å². The van der Waals surface area contributed by atoms with Gasteiger partial charge in [0.25, 0.3) is 0 Å². The molecule has 0 bridgehead atoms. The van der Waals surface area contributed by atoms with Crippen LogP contribution in [0.1, 0.15) is 25.5 Å². The van der Waals surface area contributed by atoms with Gasteiger partial charge in [0.05, 0.1) is 11.3 Å². The quantitative estimate of drug-likeness (QED) is 0.557. The van der Waals surface area contributed by atoms with Gasteiger partial charge in [-0.2, -0.15) is 0 Å². The molecule has 0 spiro atoms. The summed E-state index contributed by atoms with van der Waals surface area (Å²) in [6.45, 7) is 3.69. The molecule has 0 unspecified atom stereocenters. The third-order valence-corrected chi connectivity index (χ3v) is 5.83. The maximum absolute atomic E-state index is 13.0. The molecule has 3 rings (SSSR count). The molecule has 0 aliphatic rings. The second kappa shape index (κ2) is 8.96. The predicted octanol–water partition coefficient (Wildman–Crippen LogP) is 4.78. The highest BCUT2D eigenvalue weighted by Gasteiger charge is 2.19. The first-order chi connectivity index (χ1) is 13.0. The molecule has 0 fully saturated rings. The van der Waals surface area contributed by atoms with Crippen molar-refractivity contribution in [3.8, 4) is 0 Å². The molecule has 140 valence electrons. The number of para-hydroxylation sites is 1. The SMILES string of the molecule is C[C@@H](Sc1nnc(Nc2ccccc2)s1)C(=O)N[C@H](C)c1ccc(F)cc1. The van der Waals surface area contributed by atoms with E-state index in [1.807, 2.05) is 44.2 Å². The topological polar surface area (TPSA) is 66.9 Å². The number of nitrogens with one attached hydrogen (secondary N) is 2. The second-order valence-electron chi connectivity index (χ2n) is 5.91. The van der Waals surface area contributed by atoms with E-state index in [9.17, 15) is 9.18 Å². The number of carbonyl (C=O) groups excluding carboxylic acids is 1. The van der Waals surface area contributed by atoms with Crippen molar-refractivity contribution in [3.63, 3.8) is 0 Å². The Labute approximate surface area is 165 Å². The van der Waals surface area contributed by atoms with Gasteiger partial charge < -0.3 is 10.6 Å². The second-order valence-corrected chi connectivity index (χ2v) is 8.47. The van der Waals surface area contributed by atoms with Gasteiger partial charge in [0.2, 0.25) is 11.0 Å². The molecule has 0 saturated carbocycles. The summed E-state index contributed by atoms with van der Waals surface area (Å²) in [5.41, 5.74) is 1.79. The summed E-state index contributed by atoms with van der Waals surface area (Å²) in [4.78, 5) is 12.4. The van der Waals surface area contributed by atoms with E-state index in [2.05, 4.69) is 20.8 Å². The monoisotopic (exact) mass is 402 g/mol. The smallest absolute Gasteiger partial charge is 0.233 e. The van der Waals surface area contributed by atoms with Gasteiger partial charge in [-0.15, -0.1) is 10.2 Å². The first-order valence-corrected chi connectivity index (χ1v) is 10.1. The fourth-order valence-electron chi connectivity index (χ4n) is 2.32. The minimum Gasteiger partial charge on any atom is -0.349 e. The van der Waals surface area contributed by atoms with E-state index in [4.69, 9.17) is 0 Å². The standard InChI is InChI=1S/C19H19FN4OS2/c1-12(14-8-10-15(20)11-9-14)21-17(25)13(2)26-19-24-23-18(27-19)22-16-6-4-3-5-7-16/h3-13H,1-2H3,(H,21,25)(H,22,23)/t12-,13-/m1/s1. The molecular formula is C19H19FN4OS2. The molecular weight excluding hydrogens is 383 g/mol. The minimum atomic E-state index is -0.328. The van der Waals surface area contributed by atoms with Gasteiger partial charge in [0.1, 0.15) is 5.82 Å². The van der Waals surface area contributed by atoms with Crippen molar-refractivity contribution in [2.24, 2.45) is 0 Å². The van der Waals surface area contributed by atoms with Crippen molar-refractivity contribution < 1.29 is 9.18 Å². The van der Waals surface area contributed by atoms with Crippen molar-refractivity contribution in [2.45, 2.75) is 29.5 Å². The zero-order valence-corrected chi connectivity index (χ0v) is 16.5. The van der Waals surface area contributed by atoms with Crippen molar-refractivity contribution in [1.82, 2.24) is 15.5 Å². The van der Waals surface area contributed by atoms with Gasteiger partial charge in [-0.3, -0.25) is 4.79 Å². The molecule has 27 heavy (non-hydrogen) atoms. The Morgan fingerprint density at radius 2 is 1.78 bits per heavy atom. The maximum Gasteiger partial charge on any atom is 0.233 e. The highest BCUT2D eigenvalue weighted by Crippen LogP contribution is 2.30. The van der Waals surface area contributed by atoms with Crippen LogP contribution in [0.5, 0.6) is 0 Å². The van der Waals surface area contributed by atoms with Gasteiger partial charge in [-0.05, 0) is 43.7 Å². The lowest BCUT2D eigenvalue weighted by atomic mass is 10.1. The average molecular weight is 403 g/mol. The lowest BCUT2D eigenvalue weighted by molar-refractivity contribution is -0.120. The number of carbonyl (C=O) groups is 1. The van der Waals surface area contributed by atoms with Crippen LogP contribution in [0.4, 0.5) is 15.2 Å². The number of benzene rings is 2. The van der Waals surface area contributed by atoms with Crippen molar-refractivity contribution in [2.75, 3.05) is 5.32 Å². The Kier molecular flexibility index (Phi) is 6.41. The van der Waals surface area contributed by atoms with E-state index in [1.165, 1.54) is 35.2 Å². The predicted molar refractivity (Wildman–Crippen MR) is 108 cm³/mol. The molecule has 1 aromatic heterocycles. The van der Waals surface area contributed by atoms with Crippen LogP contribution in [0.25, 0.3) is 0 Å². The summed E-state index contributed by atoms with van der Waals surface area (Å²) >= 11 is 2.75. The Bertz CT molecular complexity index is 886. The van der Waals surface area contributed by atoms with Crippen LogP contribution in [0, 0.1) is 5.82 Å². The summed E-state index contributed by atoms with van der Waals surface area (Å²) in [5.74, 6) is -0.401. The number of rotatable bonds is 7. The van der Waals surface area contributed by atoms with Crippen LogP contribution in [0.3, 0.4) is 0 Å². The summed E-state index contributed by atoms with van der Waals surface area (Å²) in [5, 5.41) is 14.7. The molecule has 0 aliphatic heterocycles. The summed E-state index contributed by atoms with van der Waals surface area (Å²) in [7, 11) is 0. The average Bonchev–Trinajstić information content (AvgIpc) is 3.09. The van der Waals surface area contributed by atoms with Crippen LogP contribution >= 0.6 is 23.1 Å². The molecule has 5 nitrogen and oxygen atoms in total. The third kappa shape index (κ3) is 5.51. The molecule has 0 saturated heterocycles. The first-order valence-electron chi connectivity index (χ1n) is 8.39. The summed E-state index contributed by atoms with van der Waals surface area (Å²) in [6.07, 6.45) is 0. The third-order valence-electron chi connectivity index (χ3n) is 3.81. The van der Waals surface area contributed by atoms with Crippen LogP contribution < -0.4 is 10.6 Å². The maximum atomic E-state index is 13.0. The van der Waals surface area contributed by atoms with E-state index < -0.39 is 0 Å². The highest BCUT2D eigenvalue weighted by atomic mass is 32.2. The van der Waals surface area contributed by atoms with E-state index in [-0.39, 0.29) is 23.0 Å². The van der Waals surface area contributed by atoms with E-state index in [0.717, 1.165) is 11.3 Å². The van der Waals surface area contributed by atoms with E-state index >= 15 is 0 Å². The largest absolute Gasteiger partial charge is 0.349 e. The number of halogens is 1. The van der Waals surface area contributed by atoms with Crippen LogP contribution in [0.2, 0.25) is 0 Å². The molecule has 0 radical (unpaired) electrons. The molecule has 8 heteroatoms. The van der Waals surface area contributed by atoms with Crippen molar-refractivity contribution in [1.29, 1.82) is 0 Å². The molecule has 1 amide bonds. The van der Waals surface area contributed by atoms with E-state index in [1.54, 1.807) is 12.1 Å². The first kappa shape index (κ1) is 19.3. The minimum absolute atomic E-state index is 0.107. The number of aromatic nitrogens is 2. The molecule has 2 aromatic carbocycles. The molecule has 1 heterocycles. The Morgan fingerprint density at radius 3 is 2.48 bits per heavy atom. The molecule has 2 atom stereocenters. The number of nitrogens with zero attached hydrogens (tertiary/aromatic N) is 2. The molecule has 0 aliphatic carbocycles. The number of hydrogen-bond donors (Lipinski definition) is 2. The van der Waals surface area contributed by atoms with Gasteiger partial charge in [0.15, 0.2) is 4.34 Å². The zero-order valence-electron chi connectivity index (χ0n) is 14.8. The number of anilines is 2. The van der Waals surface area contributed by atoms with Crippen LogP contribution in [-0.2, 0) is 4.79 Å². The lowest BCUT2D eigenvalue weighted by Gasteiger charge is -2.17. The Morgan fingerprint density at radius 1 is 1.07 bits per heavy atom.